The summed E-state index contributed by atoms with van der Waals surface area (Å²) in [5.41, 5.74) is 5.78. The third-order valence-electron chi connectivity index (χ3n) is 5.13. The van der Waals surface area contributed by atoms with Gasteiger partial charge in [0.2, 0.25) is 0 Å². The Morgan fingerprint density at radius 3 is 2.62 bits per heavy atom. The molecule has 144 valence electrons. The molecule has 5 rings (SSSR count). The first-order valence-electron chi connectivity index (χ1n) is 9.78. The summed E-state index contributed by atoms with van der Waals surface area (Å²) in [5.74, 6) is 0. The van der Waals surface area contributed by atoms with Crippen LogP contribution in [0.2, 0.25) is 0 Å². The lowest BCUT2D eigenvalue weighted by Gasteiger charge is -2.07. The average molecular weight is 382 g/mol. The van der Waals surface area contributed by atoms with Crippen molar-refractivity contribution in [3.63, 3.8) is 0 Å². The largest absolute Gasteiger partial charge is 0.365 e. The van der Waals surface area contributed by atoms with E-state index in [9.17, 15) is 0 Å². The molecule has 0 saturated heterocycles. The number of hydrogen-bond acceptors (Lipinski definition) is 3. The van der Waals surface area contributed by atoms with Crippen molar-refractivity contribution in [2.45, 2.75) is 19.5 Å². The van der Waals surface area contributed by atoms with E-state index in [1.807, 2.05) is 29.1 Å². The number of H-pyrrole nitrogens is 1. The van der Waals surface area contributed by atoms with Gasteiger partial charge in [0.1, 0.15) is 12.7 Å². The van der Waals surface area contributed by atoms with Crippen molar-refractivity contribution in [1.29, 1.82) is 0 Å². The van der Waals surface area contributed by atoms with Crippen LogP contribution < -0.4 is 5.32 Å². The number of nitrogens with one attached hydrogen (secondary N) is 2. The van der Waals surface area contributed by atoms with E-state index < -0.39 is 0 Å². The van der Waals surface area contributed by atoms with E-state index in [1.54, 1.807) is 12.7 Å². The molecule has 3 aromatic heterocycles. The second-order valence-corrected chi connectivity index (χ2v) is 7.04. The topological polar surface area (TPSA) is 63.5 Å². The molecule has 0 saturated carbocycles. The van der Waals surface area contributed by atoms with Crippen LogP contribution in [0, 0.1) is 0 Å². The van der Waals surface area contributed by atoms with Crippen LogP contribution in [0.3, 0.4) is 0 Å². The Hall–Kier alpha value is -3.80. The van der Waals surface area contributed by atoms with Crippen molar-refractivity contribution in [3.8, 4) is 11.1 Å². The molecule has 29 heavy (non-hydrogen) atoms. The van der Waals surface area contributed by atoms with Crippen LogP contribution in [-0.2, 0) is 13.1 Å². The van der Waals surface area contributed by atoms with Gasteiger partial charge in [0.05, 0.1) is 5.69 Å². The predicted molar refractivity (Wildman–Crippen MR) is 116 cm³/mol. The minimum Gasteiger partial charge on any atom is -0.365 e. The highest BCUT2D eigenvalue weighted by molar-refractivity contribution is 5.99. The molecule has 0 aliphatic rings. The highest BCUT2D eigenvalue weighted by Gasteiger charge is 2.14. The zero-order valence-corrected chi connectivity index (χ0v) is 16.0. The Morgan fingerprint density at radius 2 is 1.76 bits per heavy atom. The number of aromatic amines is 1. The van der Waals surface area contributed by atoms with E-state index in [1.165, 1.54) is 22.0 Å². The normalized spacial score (nSPS) is 11.2. The van der Waals surface area contributed by atoms with E-state index in [0.29, 0.717) is 0 Å². The highest BCUT2D eigenvalue weighted by atomic mass is 15.3. The number of para-hydroxylation sites is 2. The Labute approximate surface area is 168 Å². The van der Waals surface area contributed by atoms with Crippen molar-refractivity contribution >= 4 is 22.3 Å². The molecule has 3 heterocycles. The standard InChI is InChI=1S/C23H22N6/c1-2-7-18(8-3-1)27-22-14-24-13-20(22)21-15-28(23-10-5-4-9-19(21)23)11-6-12-29-17-25-16-26-29/h1-5,7-10,13-17,24,27H,6,11-12H2. The molecule has 0 aliphatic carbocycles. The smallest absolute Gasteiger partial charge is 0.137 e. The number of rotatable bonds is 7. The van der Waals surface area contributed by atoms with Crippen LogP contribution in [0.1, 0.15) is 6.42 Å². The first-order valence-corrected chi connectivity index (χ1v) is 9.78. The number of benzene rings is 2. The summed E-state index contributed by atoms with van der Waals surface area (Å²) in [6.45, 7) is 1.78. The Morgan fingerprint density at radius 1 is 0.897 bits per heavy atom. The van der Waals surface area contributed by atoms with Crippen LogP contribution in [0.15, 0.2) is 85.8 Å². The first kappa shape index (κ1) is 17.3. The molecule has 0 amide bonds. The second-order valence-electron chi connectivity index (χ2n) is 7.04. The van der Waals surface area contributed by atoms with Gasteiger partial charge < -0.3 is 14.9 Å². The summed E-state index contributed by atoms with van der Waals surface area (Å²) in [6.07, 6.45) is 10.7. The molecule has 0 atom stereocenters. The van der Waals surface area contributed by atoms with Crippen LogP contribution >= 0.6 is 0 Å². The van der Waals surface area contributed by atoms with Crippen molar-refractivity contribution < 1.29 is 0 Å². The molecule has 2 aromatic carbocycles. The Bertz CT molecular complexity index is 1200. The molecule has 0 bridgehead atoms. The van der Waals surface area contributed by atoms with E-state index in [0.717, 1.165) is 30.9 Å². The van der Waals surface area contributed by atoms with Crippen molar-refractivity contribution in [2.24, 2.45) is 0 Å². The zero-order chi connectivity index (χ0) is 19.5. The van der Waals surface area contributed by atoms with Gasteiger partial charge in [0.15, 0.2) is 0 Å². The third kappa shape index (κ3) is 3.52. The molecule has 0 aliphatic heterocycles. The van der Waals surface area contributed by atoms with Gasteiger partial charge in [0.25, 0.3) is 0 Å². The number of aromatic nitrogens is 5. The summed E-state index contributed by atoms with van der Waals surface area (Å²) < 4.78 is 4.21. The molecule has 0 spiro atoms. The SMILES string of the molecule is c1ccc(Nc2c[nH]cc2-c2cn(CCCn3cncn3)c3ccccc23)cc1. The van der Waals surface area contributed by atoms with Gasteiger partial charge in [-0.3, -0.25) is 4.68 Å². The molecule has 0 unspecified atom stereocenters. The van der Waals surface area contributed by atoms with Gasteiger partial charge in [-0.05, 0) is 24.6 Å². The lowest BCUT2D eigenvalue weighted by Crippen LogP contribution is -2.03. The van der Waals surface area contributed by atoms with Crippen molar-refractivity contribution in [1.82, 2.24) is 24.3 Å². The summed E-state index contributed by atoms with van der Waals surface area (Å²) in [7, 11) is 0. The molecular formula is C23H22N6. The molecule has 2 N–H and O–H groups in total. The van der Waals surface area contributed by atoms with Crippen molar-refractivity contribution in [2.75, 3.05) is 5.32 Å². The fourth-order valence-electron chi connectivity index (χ4n) is 3.76. The van der Waals surface area contributed by atoms with Gasteiger partial charge in [-0.25, -0.2) is 4.98 Å². The molecular weight excluding hydrogens is 360 g/mol. The molecule has 6 nitrogen and oxygen atoms in total. The summed E-state index contributed by atoms with van der Waals surface area (Å²) in [5, 5.41) is 8.97. The van der Waals surface area contributed by atoms with Crippen LogP contribution in [0.5, 0.6) is 0 Å². The number of anilines is 2. The fraction of sp³-hybridized carbons (Fsp3) is 0.130. The summed E-state index contributed by atoms with van der Waals surface area (Å²) in [6, 6.07) is 18.8. The zero-order valence-electron chi connectivity index (χ0n) is 16.0. The van der Waals surface area contributed by atoms with Crippen LogP contribution in [0.4, 0.5) is 11.4 Å². The summed E-state index contributed by atoms with van der Waals surface area (Å²) >= 11 is 0. The number of aryl methyl sites for hydroxylation is 2. The fourth-order valence-corrected chi connectivity index (χ4v) is 3.76. The van der Waals surface area contributed by atoms with Crippen molar-refractivity contribution in [3.05, 3.63) is 85.8 Å². The van der Waals surface area contributed by atoms with E-state index in [2.05, 4.69) is 73.7 Å². The van der Waals surface area contributed by atoms with E-state index >= 15 is 0 Å². The minimum absolute atomic E-state index is 0.854. The maximum atomic E-state index is 4.19. The van der Waals surface area contributed by atoms with E-state index in [4.69, 9.17) is 0 Å². The van der Waals surface area contributed by atoms with Crippen LogP contribution in [-0.4, -0.2) is 24.3 Å². The Balaban J connectivity index is 1.46. The highest BCUT2D eigenvalue weighted by Crippen LogP contribution is 2.36. The lowest BCUT2D eigenvalue weighted by molar-refractivity contribution is 0.532. The quantitative estimate of drug-likeness (QED) is 0.413. The summed E-state index contributed by atoms with van der Waals surface area (Å²) in [4.78, 5) is 7.28. The number of fused-ring (bicyclic) bond motifs is 1. The number of nitrogens with zero attached hydrogens (tertiary/aromatic N) is 4. The van der Waals surface area contributed by atoms with Gasteiger partial charge in [-0.2, -0.15) is 5.10 Å². The van der Waals surface area contributed by atoms with Gasteiger partial charge >= 0.3 is 0 Å². The van der Waals surface area contributed by atoms with E-state index in [-0.39, 0.29) is 0 Å². The van der Waals surface area contributed by atoms with Gasteiger partial charge in [-0.15, -0.1) is 0 Å². The van der Waals surface area contributed by atoms with Gasteiger partial charge in [0, 0.05) is 59.4 Å². The van der Waals surface area contributed by atoms with Gasteiger partial charge in [-0.1, -0.05) is 36.4 Å². The predicted octanol–water partition coefficient (Wildman–Crippen LogP) is 5.06. The maximum Gasteiger partial charge on any atom is 0.137 e. The van der Waals surface area contributed by atoms with Crippen LogP contribution in [0.25, 0.3) is 22.0 Å². The molecule has 0 fully saturated rings. The first-order chi connectivity index (χ1) is 14.4. The minimum atomic E-state index is 0.854. The molecule has 0 radical (unpaired) electrons. The average Bonchev–Trinajstić information content (AvgIpc) is 3.50. The second kappa shape index (κ2) is 7.67. The monoisotopic (exact) mass is 382 g/mol. The maximum absolute atomic E-state index is 4.19. The third-order valence-corrected chi connectivity index (χ3v) is 5.13. The molecule has 6 heteroatoms. The Kier molecular flexibility index (Phi) is 4.58. The molecule has 5 aromatic rings. The lowest BCUT2D eigenvalue weighted by atomic mass is 10.1. The number of hydrogen-bond donors (Lipinski definition) is 2.